The minimum atomic E-state index is -2.06. The van der Waals surface area contributed by atoms with Gasteiger partial charge in [0.2, 0.25) is 0 Å². The second-order valence-electron chi connectivity index (χ2n) is 9.40. The molecule has 0 aromatic heterocycles. The molecule has 0 heterocycles. The van der Waals surface area contributed by atoms with Gasteiger partial charge in [-0.1, -0.05) is 73.7 Å². The van der Waals surface area contributed by atoms with Gasteiger partial charge >= 0.3 is 6.09 Å². The summed E-state index contributed by atoms with van der Waals surface area (Å²) in [4.78, 5) is 14.9. The second kappa shape index (κ2) is 9.33. The lowest BCUT2D eigenvalue weighted by molar-refractivity contribution is 0.00393. The van der Waals surface area contributed by atoms with Crippen molar-refractivity contribution >= 4 is 25.8 Å². The van der Waals surface area contributed by atoms with Crippen LogP contribution in [-0.4, -0.2) is 35.4 Å². The molecule has 158 valence electrons. The number of aliphatic hydroxyl groups excluding tert-OH is 1. The Morgan fingerprint density at radius 1 is 1.07 bits per heavy atom. The third-order valence-corrected chi connectivity index (χ3v) is 7.21. The summed E-state index contributed by atoms with van der Waals surface area (Å²) in [7, 11) is -2.06. The number of amides is 1. The quantitative estimate of drug-likeness (QED) is 0.563. The molecule has 0 bridgehead atoms. The average Bonchev–Trinajstić information content (AvgIpc) is 2.60. The minimum absolute atomic E-state index is 0.370. The summed E-state index contributed by atoms with van der Waals surface area (Å²) in [5.41, 5.74) is 0.730. The van der Waals surface area contributed by atoms with Crippen LogP contribution in [0.3, 0.4) is 0 Å². The Kier molecular flexibility index (Phi) is 7.54. The zero-order valence-electron chi connectivity index (χ0n) is 18.1. The van der Waals surface area contributed by atoms with Crippen molar-refractivity contribution in [1.82, 2.24) is 4.90 Å². The number of hydrogen-bond acceptors (Lipinski definition) is 3. The van der Waals surface area contributed by atoms with E-state index in [0.717, 1.165) is 11.1 Å². The maximum atomic E-state index is 13.2. The fraction of sp³-hybridized carbons (Fsp3) is 0.435. The maximum absolute atomic E-state index is 13.2. The summed E-state index contributed by atoms with van der Waals surface area (Å²) in [6, 6.07) is 16.9. The van der Waals surface area contributed by atoms with Crippen molar-refractivity contribution in [3.63, 3.8) is 0 Å². The van der Waals surface area contributed by atoms with Crippen LogP contribution in [0.4, 0.5) is 4.79 Å². The number of ether oxygens (including phenoxy) is 1. The fourth-order valence-corrected chi connectivity index (χ4v) is 5.73. The zero-order valence-corrected chi connectivity index (χ0v) is 19.9. The van der Waals surface area contributed by atoms with E-state index < -0.39 is 25.9 Å². The molecule has 29 heavy (non-hydrogen) atoms. The summed E-state index contributed by atoms with van der Waals surface area (Å²) >= 11 is 6.02. The summed E-state index contributed by atoms with van der Waals surface area (Å²) in [5.74, 6) is 0. The molecule has 0 aliphatic rings. The maximum Gasteiger partial charge on any atom is 0.410 e. The highest BCUT2D eigenvalue weighted by Crippen LogP contribution is 2.31. The first-order valence-electron chi connectivity index (χ1n) is 9.85. The van der Waals surface area contributed by atoms with Crippen LogP contribution >= 0.6 is 11.6 Å². The van der Waals surface area contributed by atoms with Crippen LogP contribution in [0.2, 0.25) is 24.7 Å². The molecule has 2 aromatic carbocycles. The molecular weight excluding hydrogens is 402 g/mol. The van der Waals surface area contributed by atoms with Gasteiger partial charge in [-0.3, -0.25) is 0 Å². The van der Waals surface area contributed by atoms with Crippen molar-refractivity contribution in [2.24, 2.45) is 0 Å². The highest BCUT2D eigenvalue weighted by Gasteiger charge is 2.42. The summed E-state index contributed by atoms with van der Waals surface area (Å²) in [6.45, 7) is 12.4. The first kappa shape index (κ1) is 23.5. The first-order chi connectivity index (χ1) is 13.4. The minimum Gasteiger partial charge on any atom is -0.444 e. The molecule has 0 aliphatic heterocycles. The number of hydrogen-bond donors (Lipinski definition) is 1. The number of carbonyl (C=O) groups is 1. The number of nitrogens with zero attached hydrogens (tertiary/aromatic N) is 1. The van der Waals surface area contributed by atoms with Crippen LogP contribution in [0, 0.1) is 0 Å². The van der Waals surface area contributed by atoms with Gasteiger partial charge in [-0.05, 0) is 44.0 Å². The van der Waals surface area contributed by atoms with Gasteiger partial charge < -0.3 is 14.7 Å². The Morgan fingerprint density at radius 3 is 2.10 bits per heavy atom. The van der Waals surface area contributed by atoms with E-state index in [-0.39, 0.29) is 5.67 Å². The van der Waals surface area contributed by atoms with Gasteiger partial charge in [0.05, 0.1) is 19.8 Å². The second-order valence-corrected chi connectivity index (χ2v) is 15.2. The summed E-state index contributed by atoms with van der Waals surface area (Å²) in [6.07, 6.45) is -1.25. The topological polar surface area (TPSA) is 49.8 Å². The summed E-state index contributed by atoms with van der Waals surface area (Å²) < 4.78 is 5.73. The Bertz CT molecular complexity index is 798. The standard InChI is InChI=1S/C23H32ClNO3Si/c1-23(2,3)28-22(27)25(16-17-10-8-7-9-11-17)21(29(4,5)6)20(26)18-12-14-19(24)15-13-18/h7-15,20-21,26H,16H2,1-6H3. The molecule has 0 spiro atoms. The van der Waals surface area contributed by atoms with Crippen molar-refractivity contribution in [2.75, 3.05) is 0 Å². The molecule has 0 saturated heterocycles. The van der Waals surface area contributed by atoms with E-state index in [0.29, 0.717) is 11.6 Å². The van der Waals surface area contributed by atoms with Crippen molar-refractivity contribution < 1.29 is 14.6 Å². The lowest BCUT2D eigenvalue weighted by Crippen LogP contribution is -2.57. The van der Waals surface area contributed by atoms with Crippen molar-refractivity contribution in [1.29, 1.82) is 0 Å². The van der Waals surface area contributed by atoms with Crippen LogP contribution in [-0.2, 0) is 11.3 Å². The zero-order chi connectivity index (χ0) is 21.8. The van der Waals surface area contributed by atoms with Gasteiger partial charge in [0.15, 0.2) is 0 Å². The summed E-state index contributed by atoms with van der Waals surface area (Å²) in [5, 5.41) is 12.0. The fourth-order valence-electron chi connectivity index (χ4n) is 3.33. The number of aliphatic hydroxyl groups is 1. The third-order valence-electron chi connectivity index (χ3n) is 4.56. The largest absolute Gasteiger partial charge is 0.444 e. The van der Waals surface area contributed by atoms with Crippen molar-refractivity contribution in [3.05, 3.63) is 70.7 Å². The predicted molar refractivity (Wildman–Crippen MR) is 122 cm³/mol. The number of halogens is 1. The van der Waals surface area contributed by atoms with Gasteiger partial charge in [0.25, 0.3) is 0 Å². The van der Waals surface area contributed by atoms with Crippen molar-refractivity contribution in [3.8, 4) is 0 Å². The molecule has 2 atom stereocenters. The lowest BCUT2D eigenvalue weighted by atomic mass is 10.1. The smallest absolute Gasteiger partial charge is 0.410 e. The monoisotopic (exact) mass is 433 g/mol. The van der Waals surface area contributed by atoms with Gasteiger partial charge in [0.1, 0.15) is 5.60 Å². The molecular formula is C23H32ClNO3Si. The molecule has 4 nitrogen and oxygen atoms in total. The molecule has 0 radical (unpaired) electrons. The molecule has 6 heteroatoms. The molecule has 2 unspecified atom stereocenters. The predicted octanol–water partition coefficient (Wildman–Crippen LogP) is 6.06. The average molecular weight is 434 g/mol. The first-order valence-corrected chi connectivity index (χ1v) is 13.8. The van der Waals surface area contributed by atoms with E-state index in [9.17, 15) is 9.90 Å². The van der Waals surface area contributed by atoms with E-state index in [1.807, 2.05) is 63.2 Å². The Balaban J connectivity index is 2.47. The van der Waals surface area contributed by atoms with Gasteiger partial charge in [-0.2, -0.15) is 0 Å². The Labute approximate surface area is 180 Å². The van der Waals surface area contributed by atoms with E-state index >= 15 is 0 Å². The van der Waals surface area contributed by atoms with Gasteiger partial charge in [0, 0.05) is 11.6 Å². The van der Waals surface area contributed by atoms with E-state index in [1.54, 1.807) is 17.0 Å². The molecule has 2 aromatic rings. The Hall–Kier alpha value is -1.82. The third kappa shape index (κ3) is 6.87. The molecule has 0 fully saturated rings. The van der Waals surface area contributed by atoms with Crippen LogP contribution < -0.4 is 0 Å². The number of rotatable bonds is 6. The van der Waals surface area contributed by atoms with E-state index in [1.165, 1.54) is 0 Å². The molecule has 0 saturated carbocycles. The van der Waals surface area contributed by atoms with E-state index in [4.69, 9.17) is 16.3 Å². The molecule has 0 aliphatic carbocycles. The molecule has 2 rings (SSSR count). The normalized spacial score (nSPS) is 14.2. The molecule has 1 amide bonds. The van der Waals surface area contributed by atoms with Crippen LogP contribution in [0.25, 0.3) is 0 Å². The van der Waals surface area contributed by atoms with Gasteiger partial charge in [-0.25, -0.2) is 4.79 Å². The van der Waals surface area contributed by atoms with Crippen LogP contribution in [0.5, 0.6) is 0 Å². The lowest BCUT2D eigenvalue weighted by Gasteiger charge is -2.42. The highest BCUT2D eigenvalue weighted by molar-refractivity contribution is 6.77. The number of carbonyl (C=O) groups excluding carboxylic acids is 1. The van der Waals surface area contributed by atoms with Crippen molar-refractivity contribution in [2.45, 2.75) is 64.3 Å². The van der Waals surface area contributed by atoms with Crippen LogP contribution in [0.1, 0.15) is 38.0 Å². The van der Waals surface area contributed by atoms with Crippen LogP contribution in [0.15, 0.2) is 54.6 Å². The van der Waals surface area contributed by atoms with E-state index in [2.05, 4.69) is 19.6 Å². The van der Waals surface area contributed by atoms with Gasteiger partial charge in [-0.15, -0.1) is 0 Å². The number of benzene rings is 2. The molecule has 1 N–H and O–H groups in total. The SMILES string of the molecule is CC(C)(C)OC(=O)N(Cc1ccccc1)C(C(O)c1ccc(Cl)cc1)[Si](C)(C)C. The Morgan fingerprint density at radius 2 is 1.62 bits per heavy atom. The highest BCUT2D eigenvalue weighted by atomic mass is 35.5.